The van der Waals surface area contributed by atoms with Crippen LogP contribution in [0.1, 0.15) is 12.8 Å². The quantitative estimate of drug-likeness (QED) is 0.817. The van der Waals surface area contributed by atoms with Crippen LogP contribution >= 0.6 is 11.8 Å². The molecule has 29 heavy (non-hydrogen) atoms. The van der Waals surface area contributed by atoms with Crippen LogP contribution in [0.15, 0.2) is 47.5 Å². The van der Waals surface area contributed by atoms with Crippen molar-refractivity contribution >= 4 is 51.0 Å². The molecule has 1 fully saturated rings. The first-order valence-corrected chi connectivity index (χ1v) is 10.4. The summed E-state index contributed by atoms with van der Waals surface area (Å²) in [5.41, 5.74) is 0.715. The maximum Gasteiger partial charge on any atom is 0.260 e. The molecule has 2 aliphatic rings. The first-order valence-electron chi connectivity index (χ1n) is 9.51. The summed E-state index contributed by atoms with van der Waals surface area (Å²) in [6.07, 6.45) is 0.114. The lowest BCUT2D eigenvalue weighted by Gasteiger charge is -2.26. The molecule has 2 aliphatic heterocycles. The van der Waals surface area contributed by atoms with Crippen LogP contribution in [0.25, 0.3) is 10.8 Å². The van der Waals surface area contributed by atoms with Gasteiger partial charge in [0.2, 0.25) is 11.8 Å². The van der Waals surface area contributed by atoms with Crippen molar-refractivity contribution in [1.82, 2.24) is 4.90 Å². The van der Waals surface area contributed by atoms with Crippen LogP contribution in [-0.4, -0.2) is 59.2 Å². The second kappa shape index (κ2) is 8.75. The predicted octanol–water partition coefficient (Wildman–Crippen LogP) is 2.46. The van der Waals surface area contributed by atoms with Crippen molar-refractivity contribution in [3.63, 3.8) is 0 Å². The SMILES string of the molecule is O=C(C[C@H]1SC(CC(=O)N2CCOCC2)=NC1=O)Nc1cccc2ccccc12. The highest BCUT2D eigenvalue weighted by Gasteiger charge is 2.32. The molecule has 1 N–H and O–H groups in total. The standard InChI is InChI=1S/C21H21N3O4S/c25-18(22-16-7-3-5-14-4-1-2-6-15(14)16)12-17-21(27)23-19(29-17)13-20(26)24-8-10-28-11-9-24/h1-7,17H,8-13H2,(H,22,25)/t17-/m1/s1. The molecule has 0 bridgehead atoms. The molecule has 2 heterocycles. The Bertz CT molecular complexity index is 980. The van der Waals surface area contributed by atoms with Crippen LogP contribution in [0.5, 0.6) is 0 Å². The van der Waals surface area contributed by atoms with E-state index in [2.05, 4.69) is 10.3 Å². The average Bonchev–Trinajstić information content (AvgIpc) is 3.07. The second-order valence-corrected chi connectivity index (χ2v) is 8.18. The van der Waals surface area contributed by atoms with Gasteiger partial charge in [-0.05, 0) is 11.5 Å². The van der Waals surface area contributed by atoms with Gasteiger partial charge in [0.25, 0.3) is 5.91 Å². The predicted molar refractivity (Wildman–Crippen MR) is 113 cm³/mol. The molecule has 1 saturated heterocycles. The molecule has 1 atom stereocenters. The molecule has 0 unspecified atom stereocenters. The minimum absolute atomic E-state index is 0.0193. The fraction of sp³-hybridized carbons (Fsp3) is 0.333. The molecule has 2 aromatic rings. The minimum Gasteiger partial charge on any atom is -0.378 e. The highest BCUT2D eigenvalue weighted by atomic mass is 32.2. The van der Waals surface area contributed by atoms with E-state index in [9.17, 15) is 14.4 Å². The van der Waals surface area contributed by atoms with E-state index in [4.69, 9.17) is 4.74 Å². The smallest absolute Gasteiger partial charge is 0.260 e. The number of nitrogens with one attached hydrogen (secondary N) is 1. The van der Waals surface area contributed by atoms with Gasteiger partial charge in [0.1, 0.15) is 5.25 Å². The number of benzene rings is 2. The Kier molecular flexibility index (Phi) is 5.92. The van der Waals surface area contributed by atoms with E-state index in [0.29, 0.717) is 37.0 Å². The maximum absolute atomic E-state index is 12.5. The van der Waals surface area contributed by atoms with Crippen molar-refractivity contribution in [1.29, 1.82) is 0 Å². The van der Waals surface area contributed by atoms with Gasteiger partial charge >= 0.3 is 0 Å². The van der Waals surface area contributed by atoms with Gasteiger partial charge in [0.05, 0.1) is 24.7 Å². The molecule has 3 amide bonds. The number of thioether (sulfide) groups is 1. The monoisotopic (exact) mass is 411 g/mol. The van der Waals surface area contributed by atoms with Crippen LogP contribution in [-0.2, 0) is 19.1 Å². The number of fused-ring (bicyclic) bond motifs is 1. The average molecular weight is 411 g/mol. The van der Waals surface area contributed by atoms with Crippen LogP contribution in [0.2, 0.25) is 0 Å². The van der Waals surface area contributed by atoms with Crippen LogP contribution in [0.4, 0.5) is 5.69 Å². The lowest BCUT2D eigenvalue weighted by molar-refractivity contribution is -0.133. The highest BCUT2D eigenvalue weighted by molar-refractivity contribution is 8.15. The molecular weight excluding hydrogens is 390 g/mol. The number of nitrogens with zero attached hydrogens (tertiary/aromatic N) is 2. The van der Waals surface area contributed by atoms with E-state index in [1.54, 1.807) is 4.90 Å². The Balaban J connectivity index is 1.33. The Hall–Kier alpha value is -2.71. The first-order chi connectivity index (χ1) is 14.1. The first kappa shape index (κ1) is 19.6. The fourth-order valence-electron chi connectivity index (χ4n) is 3.40. The number of hydrogen-bond donors (Lipinski definition) is 1. The molecule has 0 aliphatic carbocycles. The van der Waals surface area contributed by atoms with Gasteiger partial charge in [-0.2, -0.15) is 0 Å². The molecular formula is C21H21N3O4S. The number of amides is 3. The molecule has 150 valence electrons. The normalized spacial score (nSPS) is 19.3. The molecule has 7 nitrogen and oxygen atoms in total. The number of ether oxygens (including phenoxy) is 1. The molecule has 0 spiro atoms. The van der Waals surface area contributed by atoms with Gasteiger partial charge < -0.3 is 15.0 Å². The summed E-state index contributed by atoms with van der Waals surface area (Å²) in [4.78, 5) is 42.8. The summed E-state index contributed by atoms with van der Waals surface area (Å²) in [7, 11) is 0. The Labute approximate surface area is 172 Å². The number of carbonyl (C=O) groups excluding carboxylic acids is 3. The highest BCUT2D eigenvalue weighted by Crippen LogP contribution is 2.29. The number of morpholine rings is 1. The Morgan fingerprint density at radius 2 is 1.90 bits per heavy atom. The lowest BCUT2D eigenvalue weighted by atomic mass is 10.1. The van der Waals surface area contributed by atoms with E-state index in [1.807, 2.05) is 42.5 Å². The number of hydrogen-bond acceptors (Lipinski definition) is 5. The van der Waals surface area contributed by atoms with E-state index >= 15 is 0 Å². The molecule has 2 aromatic carbocycles. The topological polar surface area (TPSA) is 88.1 Å². The Morgan fingerprint density at radius 1 is 1.14 bits per heavy atom. The van der Waals surface area contributed by atoms with Gasteiger partial charge in [-0.25, -0.2) is 4.99 Å². The summed E-state index contributed by atoms with van der Waals surface area (Å²) in [6, 6.07) is 13.5. The summed E-state index contributed by atoms with van der Waals surface area (Å²) in [6.45, 7) is 2.17. The summed E-state index contributed by atoms with van der Waals surface area (Å²) in [5.74, 6) is -0.663. The largest absolute Gasteiger partial charge is 0.378 e. The zero-order valence-corrected chi connectivity index (χ0v) is 16.6. The van der Waals surface area contributed by atoms with Crippen molar-refractivity contribution in [2.75, 3.05) is 31.6 Å². The molecule has 0 radical (unpaired) electrons. The summed E-state index contributed by atoms with van der Waals surface area (Å²) >= 11 is 1.21. The number of rotatable bonds is 5. The molecule has 4 rings (SSSR count). The third-order valence-electron chi connectivity index (χ3n) is 4.89. The van der Waals surface area contributed by atoms with E-state index < -0.39 is 5.25 Å². The van der Waals surface area contributed by atoms with Crippen LogP contribution in [0.3, 0.4) is 0 Å². The third-order valence-corrected chi connectivity index (χ3v) is 6.05. The molecule has 0 saturated carbocycles. The van der Waals surface area contributed by atoms with Gasteiger partial charge in [-0.3, -0.25) is 14.4 Å². The number of anilines is 1. The van der Waals surface area contributed by atoms with Crippen LogP contribution < -0.4 is 5.32 Å². The van der Waals surface area contributed by atoms with E-state index in [1.165, 1.54) is 11.8 Å². The lowest BCUT2D eigenvalue weighted by Crippen LogP contribution is -2.41. The number of carbonyl (C=O) groups is 3. The van der Waals surface area contributed by atoms with Crippen molar-refractivity contribution in [2.24, 2.45) is 4.99 Å². The van der Waals surface area contributed by atoms with Crippen molar-refractivity contribution in [3.8, 4) is 0 Å². The fourth-order valence-corrected chi connectivity index (χ4v) is 4.47. The molecule has 0 aromatic heterocycles. The summed E-state index contributed by atoms with van der Waals surface area (Å²) < 4.78 is 5.25. The van der Waals surface area contributed by atoms with E-state index in [-0.39, 0.29) is 30.6 Å². The van der Waals surface area contributed by atoms with Gasteiger partial charge in [0, 0.05) is 30.6 Å². The molecule has 8 heteroatoms. The second-order valence-electron chi connectivity index (χ2n) is 6.90. The third kappa shape index (κ3) is 4.65. The van der Waals surface area contributed by atoms with E-state index in [0.717, 1.165) is 10.8 Å². The van der Waals surface area contributed by atoms with Crippen molar-refractivity contribution in [2.45, 2.75) is 18.1 Å². The van der Waals surface area contributed by atoms with Gasteiger partial charge in [0.15, 0.2) is 0 Å². The number of aliphatic imine (C=N–C) groups is 1. The zero-order chi connectivity index (χ0) is 20.2. The van der Waals surface area contributed by atoms with Gasteiger partial charge in [-0.15, -0.1) is 0 Å². The van der Waals surface area contributed by atoms with Crippen molar-refractivity contribution < 1.29 is 19.1 Å². The maximum atomic E-state index is 12.5. The van der Waals surface area contributed by atoms with Crippen LogP contribution in [0, 0.1) is 0 Å². The Morgan fingerprint density at radius 3 is 2.72 bits per heavy atom. The van der Waals surface area contributed by atoms with Crippen molar-refractivity contribution in [3.05, 3.63) is 42.5 Å². The summed E-state index contributed by atoms with van der Waals surface area (Å²) in [5, 5.41) is 4.77. The zero-order valence-electron chi connectivity index (χ0n) is 15.8. The van der Waals surface area contributed by atoms with Gasteiger partial charge in [-0.1, -0.05) is 48.2 Å². The minimum atomic E-state index is -0.586.